The van der Waals surface area contributed by atoms with Gasteiger partial charge in [0.15, 0.2) is 5.13 Å². The number of aliphatic carboxylic acids is 1. The monoisotopic (exact) mass is 242 g/mol. The first kappa shape index (κ1) is 13.0. The van der Waals surface area contributed by atoms with Crippen molar-refractivity contribution in [2.75, 3.05) is 18.0 Å². The zero-order chi connectivity index (χ0) is 12.3. The van der Waals surface area contributed by atoms with Gasteiger partial charge in [0.1, 0.15) is 6.54 Å². The van der Waals surface area contributed by atoms with Crippen molar-refractivity contribution >= 4 is 22.4 Å². The van der Waals surface area contributed by atoms with Gasteiger partial charge in [-0.1, -0.05) is 13.8 Å². The zero-order valence-corrected chi connectivity index (χ0v) is 11.0. The van der Waals surface area contributed by atoms with Crippen molar-refractivity contribution in [3.05, 3.63) is 10.6 Å². The molecule has 4 nitrogen and oxygen atoms in total. The lowest BCUT2D eigenvalue weighted by molar-refractivity contribution is -0.135. The molecule has 0 unspecified atom stereocenters. The Morgan fingerprint density at radius 1 is 1.50 bits per heavy atom. The number of carboxylic acids is 1. The Morgan fingerprint density at radius 3 is 2.50 bits per heavy atom. The Bertz CT molecular complexity index is 355. The lowest BCUT2D eigenvalue weighted by Crippen LogP contribution is -2.32. The molecule has 0 aliphatic carbocycles. The number of rotatable bonds is 5. The summed E-state index contributed by atoms with van der Waals surface area (Å²) in [7, 11) is 0. The highest BCUT2D eigenvalue weighted by atomic mass is 32.1. The number of carbonyl (C=O) groups is 1. The molecule has 0 saturated carbocycles. The van der Waals surface area contributed by atoms with Crippen LogP contribution in [0.2, 0.25) is 0 Å². The van der Waals surface area contributed by atoms with E-state index < -0.39 is 5.97 Å². The van der Waals surface area contributed by atoms with Gasteiger partial charge >= 0.3 is 5.97 Å². The molecular formula is C11H18N2O2S. The van der Waals surface area contributed by atoms with Crippen molar-refractivity contribution < 1.29 is 9.90 Å². The molecule has 0 saturated heterocycles. The summed E-state index contributed by atoms with van der Waals surface area (Å²) < 4.78 is 0. The summed E-state index contributed by atoms with van der Waals surface area (Å²) in [4.78, 5) is 18.2. The fourth-order valence-corrected chi connectivity index (χ4v) is 2.32. The first-order chi connectivity index (χ1) is 7.40. The quantitative estimate of drug-likeness (QED) is 0.861. The summed E-state index contributed by atoms with van der Waals surface area (Å²) in [5.41, 5.74) is 0.985. The third-order valence-electron chi connectivity index (χ3n) is 2.20. The fraction of sp³-hybridized carbons (Fsp3) is 0.636. The van der Waals surface area contributed by atoms with E-state index in [1.807, 2.05) is 18.7 Å². The van der Waals surface area contributed by atoms with Crippen LogP contribution < -0.4 is 4.90 Å². The highest BCUT2D eigenvalue weighted by Crippen LogP contribution is 2.25. The molecule has 0 aromatic carbocycles. The predicted octanol–water partition coefficient (Wildman–Crippen LogP) is 2.31. The van der Waals surface area contributed by atoms with E-state index in [0.29, 0.717) is 5.92 Å². The first-order valence-corrected chi connectivity index (χ1v) is 6.12. The van der Waals surface area contributed by atoms with Crippen molar-refractivity contribution in [2.24, 2.45) is 5.92 Å². The second-order valence-electron chi connectivity index (χ2n) is 4.31. The van der Waals surface area contributed by atoms with Gasteiger partial charge in [-0.2, -0.15) is 0 Å². The molecular weight excluding hydrogens is 224 g/mol. The second kappa shape index (κ2) is 5.30. The van der Waals surface area contributed by atoms with Crippen LogP contribution in [0.15, 0.2) is 0 Å². The van der Waals surface area contributed by atoms with E-state index in [4.69, 9.17) is 5.11 Å². The second-order valence-corrected chi connectivity index (χ2v) is 5.49. The van der Waals surface area contributed by atoms with Crippen molar-refractivity contribution in [3.8, 4) is 0 Å². The third-order valence-corrected chi connectivity index (χ3v) is 3.33. The maximum Gasteiger partial charge on any atom is 0.323 e. The SMILES string of the molecule is Cc1nc(N(CC(=O)O)CC(C)C)sc1C. The Hall–Kier alpha value is -1.10. The van der Waals surface area contributed by atoms with E-state index >= 15 is 0 Å². The minimum atomic E-state index is -0.814. The maximum absolute atomic E-state index is 10.8. The summed E-state index contributed by atoms with van der Waals surface area (Å²) in [5, 5.41) is 9.68. The summed E-state index contributed by atoms with van der Waals surface area (Å²) in [5.74, 6) is -0.394. The average molecular weight is 242 g/mol. The first-order valence-electron chi connectivity index (χ1n) is 5.31. The Balaban J connectivity index is 2.86. The van der Waals surface area contributed by atoms with Gasteiger partial charge in [0, 0.05) is 11.4 Å². The maximum atomic E-state index is 10.8. The Morgan fingerprint density at radius 2 is 2.12 bits per heavy atom. The van der Waals surface area contributed by atoms with Crippen LogP contribution in [0.25, 0.3) is 0 Å². The normalized spacial score (nSPS) is 10.8. The standard InChI is InChI=1S/C11H18N2O2S/c1-7(2)5-13(6-10(14)15)11-12-8(3)9(4)16-11/h7H,5-6H2,1-4H3,(H,14,15). The number of carboxylic acid groups (broad SMARTS) is 1. The van der Waals surface area contributed by atoms with Crippen molar-refractivity contribution in [2.45, 2.75) is 27.7 Å². The number of nitrogens with zero attached hydrogens (tertiary/aromatic N) is 2. The molecule has 1 rings (SSSR count). The molecule has 1 aromatic heterocycles. The van der Waals surface area contributed by atoms with Gasteiger partial charge in [0.25, 0.3) is 0 Å². The fourth-order valence-electron chi connectivity index (χ4n) is 1.41. The van der Waals surface area contributed by atoms with E-state index in [9.17, 15) is 4.79 Å². The highest BCUT2D eigenvalue weighted by Gasteiger charge is 2.16. The highest BCUT2D eigenvalue weighted by molar-refractivity contribution is 7.15. The molecule has 0 atom stereocenters. The summed E-state index contributed by atoms with van der Waals surface area (Å²) in [6.07, 6.45) is 0. The number of hydrogen-bond donors (Lipinski definition) is 1. The van der Waals surface area contributed by atoms with Crippen molar-refractivity contribution in [1.82, 2.24) is 4.98 Å². The van der Waals surface area contributed by atoms with Gasteiger partial charge in [-0.3, -0.25) is 4.79 Å². The number of thiazole rings is 1. The molecule has 1 heterocycles. The van der Waals surface area contributed by atoms with E-state index in [1.54, 1.807) is 11.3 Å². The van der Waals surface area contributed by atoms with E-state index in [-0.39, 0.29) is 6.54 Å². The van der Waals surface area contributed by atoms with Gasteiger partial charge in [-0.05, 0) is 19.8 Å². The zero-order valence-electron chi connectivity index (χ0n) is 10.1. The van der Waals surface area contributed by atoms with Crippen LogP contribution in [0.5, 0.6) is 0 Å². The molecule has 5 heteroatoms. The largest absolute Gasteiger partial charge is 0.480 e. The predicted molar refractivity (Wildman–Crippen MR) is 66.3 cm³/mol. The van der Waals surface area contributed by atoms with Crippen LogP contribution in [0.1, 0.15) is 24.4 Å². The average Bonchev–Trinajstić information content (AvgIpc) is 2.44. The van der Waals surface area contributed by atoms with Crippen LogP contribution in [0.3, 0.4) is 0 Å². The van der Waals surface area contributed by atoms with Crippen LogP contribution >= 0.6 is 11.3 Å². The Kier molecular flexibility index (Phi) is 4.29. The van der Waals surface area contributed by atoms with Crippen molar-refractivity contribution in [3.63, 3.8) is 0 Å². The lowest BCUT2D eigenvalue weighted by atomic mass is 10.2. The minimum Gasteiger partial charge on any atom is -0.480 e. The molecule has 0 fully saturated rings. The molecule has 1 aromatic rings. The molecule has 0 aliphatic rings. The van der Waals surface area contributed by atoms with Crippen LogP contribution in [-0.2, 0) is 4.79 Å². The molecule has 0 spiro atoms. The molecule has 0 bridgehead atoms. The summed E-state index contributed by atoms with van der Waals surface area (Å²) in [6, 6.07) is 0. The van der Waals surface area contributed by atoms with Gasteiger partial charge in [-0.25, -0.2) is 4.98 Å². The Labute approximate surface area is 99.9 Å². The minimum absolute atomic E-state index is 0.0184. The van der Waals surface area contributed by atoms with Crippen LogP contribution in [-0.4, -0.2) is 29.1 Å². The molecule has 0 amide bonds. The lowest BCUT2D eigenvalue weighted by Gasteiger charge is -2.21. The smallest absolute Gasteiger partial charge is 0.323 e. The van der Waals surface area contributed by atoms with E-state index in [0.717, 1.165) is 22.2 Å². The number of aromatic nitrogens is 1. The third kappa shape index (κ3) is 3.48. The molecule has 1 N–H and O–H groups in total. The van der Waals surface area contributed by atoms with Crippen LogP contribution in [0, 0.1) is 19.8 Å². The van der Waals surface area contributed by atoms with Gasteiger partial charge in [0.05, 0.1) is 5.69 Å². The van der Waals surface area contributed by atoms with Gasteiger partial charge in [0.2, 0.25) is 0 Å². The van der Waals surface area contributed by atoms with Crippen molar-refractivity contribution in [1.29, 1.82) is 0 Å². The molecule has 16 heavy (non-hydrogen) atoms. The molecule has 90 valence electrons. The summed E-state index contributed by atoms with van der Waals surface area (Å²) in [6.45, 7) is 8.84. The van der Waals surface area contributed by atoms with Crippen LogP contribution in [0.4, 0.5) is 5.13 Å². The number of hydrogen-bond acceptors (Lipinski definition) is 4. The number of anilines is 1. The topological polar surface area (TPSA) is 53.4 Å². The van der Waals surface area contributed by atoms with Gasteiger partial charge in [-0.15, -0.1) is 11.3 Å². The summed E-state index contributed by atoms with van der Waals surface area (Å²) >= 11 is 1.56. The number of aryl methyl sites for hydroxylation is 2. The van der Waals surface area contributed by atoms with E-state index in [2.05, 4.69) is 18.8 Å². The molecule has 0 aliphatic heterocycles. The van der Waals surface area contributed by atoms with Gasteiger partial charge < -0.3 is 10.0 Å². The molecule has 0 radical (unpaired) electrons. The van der Waals surface area contributed by atoms with E-state index in [1.165, 1.54) is 0 Å².